The second kappa shape index (κ2) is 11.9. The maximum absolute atomic E-state index is 11.0. The van der Waals surface area contributed by atoms with Gasteiger partial charge in [-0.15, -0.1) is 0 Å². The summed E-state index contributed by atoms with van der Waals surface area (Å²) in [7, 11) is 1.70. The molecule has 0 saturated carbocycles. The Morgan fingerprint density at radius 3 is 2.23 bits per heavy atom. The zero-order valence-electron chi connectivity index (χ0n) is 19.2. The Kier molecular flexibility index (Phi) is 9.26. The second-order valence-electron chi connectivity index (χ2n) is 7.41. The molecule has 0 fully saturated rings. The minimum Gasteiger partial charge on any atom is -0.497 e. The molecule has 2 aromatic carbocycles. The van der Waals surface area contributed by atoms with Crippen LogP contribution in [-0.2, 0) is 25.7 Å². The van der Waals surface area contributed by atoms with Crippen molar-refractivity contribution in [3.8, 4) is 5.75 Å². The Morgan fingerprint density at radius 1 is 0.903 bits per heavy atom. The molecule has 0 aliphatic heterocycles. The Labute approximate surface area is 185 Å². The number of benzene rings is 2. The SMILES string of the molecule is CC.COc1cc(C)cc(CCc2c(C)ccnc2CCc2ccc(C(=O)O)cc2)c1. The second-order valence-corrected chi connectivity index (χ2v) is 7.41. The highest BCUT2D eigenvalue weighted by molar-refractivity contribution is 5.87. The van der Waals surface area contributed by atoms with Gasteiger partial charge < -0.3 is 9.84 Å². The van der Waals surface area contributed by atoms with E-state index in [0.29, 0.717) is 5.56 Å². The van der Waals surface area contributed by atoms with Crippen molar-refractivity contribution >= 4 is 5.97 Å². The van der Waals surface area contributed by atoms with E-state index >= 15 is 0 Å². The van der Waals surface area contributed by atoms with Crippen LogP contribution in [0.2, 0.25) is 0 Å². The quantitative estimate of drug-likeness (QED) is 0.486. The van der Waals surface area contributed by atoms with Crippen molar-refractivity contribution in [1.29, 1.82) is 0 Å². The van der Waals surface area contributed by atoms with E-state index in [4.69, 9.17) is 9.84 Å². The number of aryl methyl sites for hydroxylation is 5. The Balaban J connectivity index is 0.00000166. The summed E-state index contributed by atoms with van der Waals surface area (Å²) in [6.07, 6.45) is 5.41. The summed E-state index contributed by atoms with van der Waals surface area (Å²) in [6, 6.07) is 15.5. The van der Waals surface area contributed by atoms with Gasteiger partial charge in [-0.25, -0.2) is 4.79 Å². The van der Waals surface area contributed by atoms with E-state index in [-0.39, 0.29) is 0 Å². The lowest BCUT2D eigenvalue weighted by molar-refractivity contribution is 0.0697. The molecule has 0 spiro atoms. The van der Waals surface area contributed by atoms with Crippen molar-refractivity contribution in [1.82, 2.24) is 4.98 Å². The van der Waals surface area contributed by atoms with Crippen molar-refractivity contribution in [3.63, 3.8) is 0 Å². The summed E-state index contributed by atoms with van der Waals surface area (Å²) < 4.78 is 5.40. The molecule has 3 rings (SSSR count). The average molecular weight is 420 g/mol. The molecule has 4 heteroatoms. The highest BCUT2D eigenvalue weighted by atomic mass is 16.5. The number of aromatic nitrogens is 1. The molecular weight excluding hydrogens is 386 g/mol. The number of ether oxygens (including phenoxy) is 1. The van der Waals surface area contributed by atoms with Gasteiger partial charge in [-0.05, 0) is 97.7 Å². The average Bonchev–Trinajstić information content (AvgIpc) is 2.78. The van der Waals surface area contributed by atoms with Crippen molar-refractivity contribution in [2.75, 3.05) is 7.11 Å². The van der Waals surface area contributed by atoms with Crippen molar-refractivity contribution in [2.24, 2.45) is 0 Å². The fourth-order valence-electron chi connectivity index (χ4n) is 3.63. The van der Waals surface area contributed by atoms with Gasteiger partial charge in [0, 0.05) is 11.9 Å². The highest BCUT2D eigenvalue weighted by Crippen LogP contribution is 2.21. The summed E-state index contributed by atoms with van der Waals surface area (Å²) in [6.45, 7) is 8.22. The minimum atomic E-state index is -0.896. The summed E-state index contributed by atoms with van der Waals surface area (Å²) in [5.74, 6) is -0.0000869. The maximum Gasteiger partial charge on any atom is 0.335 e. The smallest absolute Gasteiger partial charge is 0.335 e. The molecule has 1 N–H and O–H groups in total. The van der Waals surface area contributed by atoms with Crippen LogP contribution in [0.4, 0.5) is 0 Å². The van der Waals surface area contributed by atoms with E-state index in [1.165, 1.54) is 22.3 Å². The van der Waals surface area contributed by atoms with Gasteiger partial charge in [0.25, 0.3) is 0 Å². The number of carboxylic acid groups (broad SMARTS) is 1. The predicted molar refractivity (Wildman–Crippen MR) is 126 cm³/mol. The van der Waals surface area contributed by atoms with Crippen LogP contribution in [0.15, 0.2) is 54.7 Å². The van der Waals surface area contributed by atoms with E-state index in [9.17, 15) is 4.79 Å². The molecule has 0 aliphatic carbocycles. The van der Waals surface area contributed by atoms with Crippen molar-refractivity contribution < 1.29 is 14.6 Å². The summed E-state index contributed by atoms with van der Waals surface area (Å²) >= 11 is 0. The molecule has 0 atom stereocenters. The van der Waals surface area contributed by atoms with Crippen LogP contribution in [0.1, 0.15) is 57.7 Å². The molecule has 0 aliphatic rings. The molecule has 4 nitrogen and oxygen atoms in total. The Bertz CT molecular complexity index is 994. The molecule has 0 saturated heterocycles. The number of nitrogens with zero attached hydrogens (tertiary/aromatic N) is 1. The number of carboxylic acids is 1. The lowest BCUT2D eigenvalue weighted by atomic mass is 9.95. The third kappa shape index (κ3) is 6.95. The first kappa shape index (κ1) is 24.1. The standard InChI is InChI=1S/C25H27NO3.C2H6/c1-17-14-20(16-22(15-17)29-3)6-10-23-18(2)12-13-26-24(23)11-7-19-4-8-21(9-5-19)25(27)28;1-2/h4-5,8-9,12-16H,6-7,10-11H2,1-3H3,(H,27,28);1-2H3. The van der Waals surface area contributed by atoms with Gasteiger partial charge in [0.05, 0.1) is 12.7 Å². The summed E-state index contributed by atoms with van der Waals surface area (Å²) in [4.78, 5) is 15.7. The number of hydrogen-bond acceptors (Lipinski definition) is 3. The number of carbonyl (C=O) groups is 1. The lowest BCUT2D eigenvalue weighted by Gasteiger charge is -2.13. The van der Waals surface area contributed by atoms with Crippen molar-refractivity contribution in [2.45, 2.75) is 53.4 Å². The predicted octanol–water partition coefficient (Wildman–Crippen LogP) is 6.00. The van der Waals surface area contributed by atoms with Gasteiger partial charge >= 0.3 is 5.97 Å². The first-order valence-electron chi connectivity index (χ1n) is 10.9. The van der Waals surface area contributed by atoms with Gasteiger partial charge in [-0.1, -0.05) is 32.0 Å². The number of pyridine rings is 1. The molecule has 1 heterocycles. The largest absolute Gasteiger partial charge is 0.497 e. The van der Waals surface area contributed by atoms with E-state index < -0.39 is 5.97 Å². The molecule has 3 aromatic rings. The minimum absolute atomic E-state index is 0.316. The first-order valence-corrected chi connectivity index (χ1v) is 10.9. The molecule has 0 bridgehead atoms. The zero-order chi connectivity index (χ0) is 22.8. The summed E-state index contributed by atoms with van der Waals surface area (Å²) in [5, 5.41) is 9.04. The van der Waals surface area contributed by atoms with Crippen LogP contribution in [0.25, 0.3) is 0 Å². The van der Waals surface area contributed by atoms with Crippen LogP contribution in [0, 0.1) is 13.8 Å². The highest BCUT2D eigenvalue weighted by Gasteiger charge is 2.10. The molecule has 0 amide bonds. The van der Waals surface area contributed by atoms with Gasteiger partial charge in [0.2, 0.25) is 0 Å². The van der Waals surface area contributed by atoms with Crippen LogP contribution >= 0.6 is 0 Å². The third-order valence-corrected chi connectivity index (χ3v) is 5.24. The normalized spacial score (nSPS) is 10.2. The van der Waals surface area contributed by atoms with Gasteiger partial charge in [0.15, 0.2) is 0 Å². The number of rotatable bonds is 8. The maximum atomic E-state index is 11.0. The van der Waals surface area contributed by atoms with Gasteiger partial charge in [0.1, 0.15) is 5.75 Å². The van der Waals surface area contributed by atoms with E-state index in [2.05, 4.69) is 37.0 Å². The third-order valence-electron chi connectivity index (χ3n) is 5.24. The van der Waals surface area contributed by atoms with Crippen LogP contribution in [0.5, 0.6) is 5.75 Å². The van der Waals surface area contributed by atoms with E-state index in [1.807, 2.05) is 38.2 Å². The van der Waals surface area contributed by atoms with Crippen LogP contribution < -0.4 is 4.74 Å². The van der Waals surface area contributed by atoms with Gasteiger partial charge in [-0.3, -0.25) is 4.98 Å². The molecule has 164 valence electrons. The fourth-order valence-corrected chi connectivity index (χ4v) is 3.63. The van der Waals surface area contributed by atoms with Crippen LogP contribution in [-0.4, -0.2) is 23.2 Å². The molecule has 0 unspecified atom stereocenters. The molecule has 1 aromatic heterocycles. The molecule has 31 heavy (non-hydrogen) atoms. The van der Waals surface area contributed by atoms with E-state index in [1.54, 1.807) is 19.2 Å². The molecule has 0 radical (unpaired) electrons. The zero-order valence-corrected chi connectivity index (χ0v) is 19.2. The number of methoxy groups -OCH3 is 1. The lowest BCUT2D eigenvalue weighted by Crippen LogP contribution is -2.05. The van der Waals surface area contributed by atoms with Gasteiger partial charge in [-0.2, -0.15) is 0 Å². The van der Waals surface area contributed by atoms with Crippen LogP contribution in [0.3, 0.4) is 0 Å². The Morgan fingerprint density at radius 2 is 1.58 bits per heavy atom. The summed E-state index contributed by atoms with van der Waals surface area (Å²) in [5.41, 5.74) is 7.58. The topological polar surface area (TPSA) is 59.4 Å². The fraction of sp³-hybridized carbons (Fsp3) is 0.333. The van der Waals surface area contributed by atoms with Crippen molar-refractivity contribution in [3.05, 3.63) is 93.8 Å². The monoisotopic (exact) mass is 419 g/mol. The Hall–Kier alpha value is -3.14. The first-order chi connectivity index (χ1) is 15.0. The van der Waals surface area contributed by atoms with E-state index in [0.717, 1.165) is 42.7 Å². The number of hydrogen-bond donors (Lipinski definition) is 1. The molecular formula is C27H33NO3. The number of aromatic carboxylic acids is 1.